The molecule has 2 bridgehead atoms. The summed E-state index contributed by atoms with van der Waals surface area (Å²) in [5, 5.41) is 52.5. The number of aliphatic hydroxyl groups excluding tert-OH is 1. The van der Waals surface area contributed by atoms with Crippen molar-refractivity contribution in [1.82, 2.24) is 98.0 Å². The highest BCUT2D eigenvalue weighted by Crippen LogP contribution is 2.28. The van der Waals surface area contributed by atoms with Gasteiger partial charge < -0.3 is 109 Å². The maximum atomic E-state index is 15.6. The van der Waals surface area contributed by atoms with Gasteiger partial charge in [-0.15, -0.1) is 11.8 Å². The Bertz CT molecular complexity index is 4980. The van der Waals surface area contributed by atoms with Crippen LogP contribution in [0.5, 0.6) is 5.75 Å². The first-order valence-electron chi connectivity index (χ1n) is 43.8. The van der Waals surface area contributed by atoms with Crippen LogP contribution in [0.15, 0.2) is 97.7 Å². The largest absolute Gasteiger partial charge is 0.508 e. The number of hydrogen-bond acceptors (Lipinski definition) is 22. The fraction of sp³-hybridized carbons (Fsp3) is 0.528. The first-order chi connectivity index (χ1) is 61.6. The van der Waals surface area contributed by atoms with Gasteiger partial charge in [0.15, 0.2) is 11.6 Å². The molecular weight excluding hydrogens is 1690 g/mol. The monoisotopic (exact) mass is 1810 g/mol. The van der Waals surface area contributed by atoms with Gasteiger partial charge in [-0.05, 0) is 106 Å². The van der Waals surface area contributed by atoms with Gasteiger partial charge >= 0.3 is 0 Å². The minimum absolute atomic E-state index is 0.0302. The lowest BCUT2D eigenvalue weighted by atomic mass is 9.93. The topological polar surface area (TPSA) is 562 Å². The second-order valence-corrected chi connectivity index (χ2v) is 34.7. The molecule has 3 aliphatic rings. The number of imidazole rings is 1. The first-order valence-corrected chi connectivity index (χ1v) is 44.9. The van der Waals surface area contributed by atoms with E-state index in [2.05, 4.69) is 78.4 Å². The normalized spacial score (nSPS) is 25.4. The summed E-state index contributed by atoms with van der Waals surface area (Å²) in [6, 6.07) is 0.114. The number of carbonyl (C=O) groups excluding carboxylic acids is 17. The number of phenols is 1. The number of aromatic nitrogens is 4. The van der Waals surface area contributed by atoms with Gasteiger partial charge in [-0.2, -0.15) is 0 Å². The zero-order valence-electron chi connectivity index (χ0n) is 74.2. The van der Waals surface area contributed by atoms with Crippen molar-refractivity contribution in [2.45, 2.75) is 223 Å². The van der Waals surface area contributed by atoms with Crippen molar-refractivity contribution in [1.29, 1.82) is 0 Å². The van der Waals surface area contributed by atoms with Crippen LogP contribution in [-0.4, -0.2) is 294 Å². The number of fused-ring (bicyclic) bond motifs is 12. The van der Waals surface area contributed by atoms with Gasteiger partial charge in [-0.1, -0.05) is 102 Å². The number of nitrogens with one attached hydrogen (secondary N) is 14. The number of amides is 15. The molecule has 0 spiro atoms. The number of H-pyrrole nitrogens is 3. The van der Waals surface area contributed by atoms with Gasteiger partial charge in [0.1, 0.15) is 78.3 Å². The number of rotatable bonds is 19. The van der Waals surface area contributed by atoms with Crippen LogP contribution in [0.3, 0.4) is 0 Å². The molecule has 14 atom stereocenters. The Labute approximate surface area is 751 Å². The molecule has 3 aliphatic heterocycles. The fourth-order valence-electron chi connectivity index (χ4n) is 16.0. The van der Waals surface area contributed by atoms with Gasteiger partial charge in [-0.3, -0.25) is 81.5 Å². The number of phenolic OH excluding ortho intramolecular Hbond substituents is 1. The minimum Gasteiger partial charge on any atom is -0.508 e. The molecule has 3 aromatic carbocycles. The number of nitrogens with zero attached hydrogens (tertiary/aromatic N) is 5. The summed E-state index contributed by atoms with van der Waals surface area (Å²) >= 11 is 0.796. The highest BCUT2D eigenvalue weighted by atomic mass is 32.2. The lowest BCUT2D eigenvalue weighted by Crippen LogP contribution is -2.62. The number of likely N-dealkylation sites (N-methyl/N-ethyl adjacent to an activating group) is 3. The van der Waals surface area contributed by atoms with Gasteiger partial charge in [0.2, 0.25) is 88.6 Å². The predicted octanol–water partition coefficient (Wildman–Crippen LogP) is -0.482. The molecule has 0 aliphatic carbocycles. The van der Waals surface area contributed by atoms with Crippen LogP contribution in [0.25, 0.3) is 21.8 Å². The predicted molar refractivity (Wildman–Crippen MR) is 477 cm³/mol. The zero-order chi connectivity index (χ0) is 93.9. The third-order valence-corrected chi connectivity index (χ3v) is 24.5. The van der Waals surface area contributed by atoms with Crippen molar-refractivity contribution in [2.24, 2.45) is 17.6 Å². The van der Waals surface area contributed by atoms with Crippen LogP contribution in [0.4, 0.5) is 0 Å². The Balaban J connectivity index is 1.14. The quantitative estimate of drug-likeness (QED) is 0.0487. The molecule has 3 aromatic heterocycles. The van der Waals surface area contributed by atoms with Crippen LogP contribution in [0.1, 0.15) is 141 Å². The van der Waals surface area contributed by atoms with Gasteiger partial charge in [0.05, 0.1) is 43.7 Å². The molecule has 40 heteroatoms. The smallest absolute Gasteiger partial charge is 0.245 e. The van der Waals surface area contributed by atoms with E-state index < -0.39 is 241 Å². The number of nitrogens with two attached hydrogens (primary N) is 1. The van der Waals surface area contributed by atoms with Crippen molar-refractivity contribution >= 4 is 134 Å². The Morgan fingerprint density at radius 1 is 0.558 bits per heavy atom. The summed E-state index contributed by atoms with van der Waals surface area (Å²) in [7, 11) is 4.03. The van der Waals surface area contributed by atoms with E-state index >= 15 is 33.6 Å². The molecule has 3 fully saturated rings. The number of aromatic amines is 3. The van der Waals surface area contributed by atoms with Crippen LogP contribution in [-0.2, 0) is 107 Å². The molecule has 9 rings (SSSR count). The number of thioether (sulfide) groups is 1. The summed E-state index contributed by atoms with van der Waals surface area (Å²) in [6.07, 6.45) is 5.15. The van der Waals surface area contributed by atoms with E-state index in [-0.39, 0.29) is 76.6 Å². The molecule has 129 heavy (non-hydrogen) atoms. The van der Waals surface area contributed by atoms with E-state index in [0.29, 0.717) is 69.9 Å². The van der Waals surface area contributed by atoms with Crippen molar-refractivity contribution in [3.63, 3.8) is 0 Å². The van der Waals surface area contributed by atoms with Crippen molar-refractivity contribution < 1.29 is 91.7 Å². The fourth-order valence-corrected chi connectivity index (χ4v) is 16.9. The van der Waals surface area contributed by atoms with Crippen LogP contribution < -0.4 is 64.2 Å². The molecular formula is C89H122N20O19S. The Morgan fingerprint density at radius 2 is 1.12 bits per heavy atom. The van der Waals surface area contributed by atoms with E-state index in [0.717, 1.165) is 16.7 Å². The maximum absolute atomic E-state index is 15.6. The second kappa shape index (κ2) is 48.0. The number of primary amides is 1. The summed E-state index contributed by atoms with van der Waals surface area (Å²) < 4.78 is 0. The summed E-state index contributed by atoms with van der Waals surface area (Å²) in [5.41, 5.74) is 8.80. The number of benzene rings is 3. The molecule has 15 amide bonds. The second-order valence-electron chi connectivity index (χ2n) is 33.7. The number of ketones is 2. The van der Waals surface area contributed by atoms with E-state index in [1.807, 2.05) is 13.8 Å². The molecule has 3 saturated heterocycles. The highest BCUT2D eigenvalue weighted by Gasteiger charge is 2.44. The molecule has 39 nitrogen and oxygen atoms in total. The van der Waals surface area contributed by atoms with E-state index in [9.17, 15) is 58.2 Å². The molecule has 698 valence electrons. The number of hydrogen-bond donors (Lipinski definition) is 17. The highest BCUT2D eigenvalue weighted by molar-refractivity contribution is 8.00. The third kappa shape index (κ3) is 28.0. The average Bonchev–Trinajstić information content (AvgIpc) is 1.54. The van der Waals surface area contributed by atoms with Gasteiger partial charge in [-0.25, -0.2) is 4.98 Å². The molecule has 0 radical (unpaired) electrons. The van der Waals surface area contributed by atoms with E-state index in [1.54, 1.807) is 74.8 Å². The first kappa shape index (κ1) is 100. The summed E-state index contributed by atoms with van der Waals surface area (Å²) in [5.74, 6) is -18.0. The maximum Gasteiger partial charge on any atom is 0.245 e. The summed E-state index contributed by atoms with van der Waals surface area (Å²) in [4.78, 5) is 270. The molecule has 0 unspecified atom stereocenters. The third-order valence-electron chi connectivity index (χ3n) is 23.5. The summed E-state index contributed by atoms with van der Waals surface area (Å²) in [6.45, 7) is 7.19. The van der Waals surface area contributed by atoms with Crippen LogP contribution in [0, 0.1) is 11.8 Å². The SMILES string of the molecule is CCCC[C@H]1C(=O)N(C)[C@@H](CCCC)C(=O)N[C@@H](C)C(=O)N[C@H]2CSCC(=O)N[C@@H](Cc3ccc(O)cc3)C(=O)N(C)[C@@H](C)C(=O)C[C@@H](CC(N)=O)C(=O)N3CCC[C@H]3C(=O)N[C@@H](Cc3cnc[nH]3)C(=O)N[C@@H](CC(C)C)C(=O)N[C@@H](CCNCC(=O)CNC2=O)C(=O)N[C@@H](Cc2c[nH]c3ccccc23)C(=O)N[C@@H](CO)C(=O)N[C@@H](Cc2c[nH]c3ccccc23)C(=O)N1C. The number of aromatic hydroxyl groups is 1. The van der Waals surface area contributed by atoms with Crippen LogP contribution >= 0.6 is 11.8 Å². The van der Waals surface area contributed by atoms with Gasteiger partial charge in [0, 0.05) is 118 Å². The average molecular weight is 1810 g/mol. The lowest BCUT2D eigenvalue weighted by Gasteiger charge is -2.36. The number of para-hydroxylation sites is 2. The number of unbranched alkanes of at least 4 members (excludes halogenated alkanes) is 2. The lowest BCUT2D eigenvalue weighted by molar-refractivity contribution is -0.149. The number of carbonyl (C=O) groups is 17. The standard InChI is InChI=1S/C89H122N20O19S/c1-10-12-23-71-84(123)97-50(5)77(116)105-70-46-129-47-76(115)98-67(34-52-26-28-57(111)29-27-52)87(126)106(7)51(6)74(113)37-53(38-75(90)114)86(125)109-32-18-25-72(109)85(124)102-66(39-56-42-92-48-96-56)82(121)100-64(33-49(3)4)80(119)99-63(30-31-91-43-58(112)44-95-78(70)117)79(118)101-65(35-54-40-93-61-21-16-14-19-59(54)61)81(120)104-69(45-110)83(122)103-68(36-55-41-94-62-22-17-15-20-60(55)62)88(127)108(9)73(24-13-11-2)89(128)107(71)8/h14-17,19-22,26-29,40-42,48-51,53,63-73,91,93-94,110-111H,10-13,18,23-25,30-39,43-47H2,1-9H3,(H2,90,114)(H,92,96)(H,95,117)(H,97,123)(H,98,115)(H,99,119)(H,100,121)(H,101,118)(H,102,124)(H,103,122)(H,104,120)(H,105,116)/t50-,51-,53-,63-,64-,65-,66-,67-,68-,69-,70-,71-,72-,73-/m0/s1. The number of aliphatic hydroxyl groups is 1. The molecule has 6 heterocycles. The Kier molecular flexibility index (Phi) is 37.3. The molecule has 18 N–H and O–H groups in total. The molecule has 0 saturated carbocycles. The van der Waals surface area contributed by atoms with Crippen molar-refractivity contribution in [3.8, 4) is 5.75 Å². The Hall–Kier alpha value is -12.6. The minimum atomic E-state index is -1.87. The Morgan fingerprint density at radius 3 is 1.74 bits per heavy atom. The number of Topliss-reactive ketones (excluding diaryl/α,β-unsaturated/α-hetero) is 2. The molecule has 6 aromatic rings. The van der Waals surface area contributed by atoms with E-state index in [4.69, 9.17) is 5.73 Å². The van der Waals surface area contributed by atoms with Crippen molar-refractivity contribution in [2.75, 3.05) is 65.4 Å². The van der Waals surface area contributed by atoms with Gasteiger partial charge in [0.25, 0.3) is 0 Å². The van der Waals surface area contributed by atoms with Crippen LogP contribution in [0.2, 0.25) is 0 Å². The zero-order valence-corrected chi connectivity index (χ0v) is 75.0. The van der Waals surface area contributed by atoms with Crippen molar-refractivity contribution in [3.05, 3.63) is 120 Å². The van der Waals surface area contributed by atoms with E-state index in [1.165, 1.54) is 86.5 Å².